The van der Waals surface area contributed by atoms with Crippen molar-refractivity contribution in [3.05, 3.63) is 29.3 Å². The van der Waals surface area contributed by atoms with E-state index in [1.165, 1.54) is 6.42 Å². The molecule has 0 saturated carbocycles. The molecule has 2 N–H and O–H groups in total. The number of nitrogens with two attached hydrogens (primary N) is 1. The van der Waals surface area contributed by atoms with E-state index in [-0.39, 0.29) is 12.0 Å². The summed E-state index contributed by atoms with van der Waals surface area (Å²) < 4.78 is 5.48. The van der Waals surface area contributed by atoms with Crippen molar-refractivity contribution in [3.63, 3.8) is 0 Å². The Labute approximate surface area is 174 Å². The van der Waals surface area contributed by atoms with Crippen LogP contribution in [0.15, 0.2) is 18.2 Å². The lowest BCUT2D eigenvalue weighted by molar-refractivity contribution is 0.0205. The molecule has 1 aromatic carbocycles. The molecular weight excluding hydrogens is 366 g/mol. The largest absolute Gasteiger partial charge is 0.444 e. The monoisotopic (exact) mass is 401 g/mol. The van der Waals surface area contributed by atoms with Gasteiger partial charge in [0.2, 0.25) is 0 Å². The number of piperidine rings is 2. The van der Waals surface area contributed by atoms with Crippen molar-refractivity contribution >= 4 is 17.7 Å². The Kier molecular flexibility index (Phi) is 6.39. The average molecular weight is 402 g/mol. The van der Waals surface area contributed by atoms with Gasteiger partial charge in [-0.3, -0.25) is 4.79 Å². The van der Waals surface area contributed by atoms with Crippen molar-refractivity contribution in [2.75, 3.05) is 31.9 Å². The minimum Gasteiger partial charge on any atom is -0.444 e. The van der Waals surface area contributed by atoms with Gasteiger partial charge in [0.05, 0.1) is 0 Å². The van der Waals surface area contributed by atoms with E-state index in [1.807, 2.05) is 37.8 Å². The fourth-order valence-corrected chi connectivity index (χ4v) is 4.31. The molecular formula is C23H35N3O3. The van der Waals surface area contributed by atoms with Gasteiger partial charge in [0.15, 0.2) is 0 Å². The smallest absolute Gasteiger partial charge is 0.410 e. The summed E-state index contributed by atoms with van der Waals surface area (Å²) in [7, 11) is 0. The number of nitrogen functional groups attached to an aromatic ring is 1. The Bertz CT molecular complexity index is 748. The van der Waals surface area contributed by atoms with Gasteiger partial charge in [-0.25, -0.2) is 4.79 Å². The maximum Gasteiger partial charge on any atom is 0.410 e. The van der Waals surface area contributed by atoms with Crippen LogP contribution in [0.25, 0.3) is 0 Å². The Hall–Kier alpha value is -2.24. The quantitative estimate of drug-likeness (QED) is 0.752. The molecule has 2 fully saturated rings. The van der Waals surface area contributed by atoms with Gasteiger partial charge in [0, 0.05) is 37.4 Å². The first-order chi connectivity index (χ1) is 13.6. The van der Waals surface area contributed by atoms with Gasteiger partial charge in [-0.2, -0.15) is 0 Å². The SMILES string of the molecule is CC1CCCN(C(=O)c2cc(N)cc(C3CCN(C(=O)OC(C)(C)C)CC3)c2)C1. The van der Waals surface area contributed by atoms with Crippen molar-refractivity contribution in [2.24, 2.45) is 5.92 Å². The summed E-state index contributed by atoms with van der Waals surface area (Å²) in [6, 6.07) is 5.77. The Morgan fingerprint density at radius 1 is 1.03 bits per heavy atom. The number of amides is 2. The molecule has 2 amide bonds. The van der Waals surface area contributed by atoms with Crippen LogP contribution in [0.1, 0.15) is 75.2 Å². The molecule has 0 bridgehead atoms. The second kappa shape index (κ2) is 8.64. The zero-order valence-corrected chi connectivity index (χ0v) is 18.2. The van der Waals surface area contributed by atoms with Crippen molar-refractivity contribution in [1.29, 1.82) is 0 Å². The standard InChI is InChI=1S/C23H35N3O3/c1-16-6-5-9-26(15-16)21(27)19-12-18(13-20(24)14-19)17-7-10-25(11-8-17)22(28)29-23(2,3)4/h12-14,16-17H,5-11,15,24H2,1-4H3. The number of carbonyl (C=O) groups is 2. The predicted molar refractivity (Wildman–Crippen MR) is 115 cm³/mol. The van der Waals surface area contributed by atoms with E-state index in [0.717, 1.165) is 37.9 Å². The number of nitrogens with zero attached hydrogens (tertiary/aromatic N) is 2. The molecule has 2 aliphatic heterocycles. The van der Waals surface area contributed by atoms with E-state index in [0.29, 0.717) is 36.2 Å². The first-order valence-corrected chi connectivity index (χ1v) is 10.8. The highest BCUT2D eigenvalue weighted by atomic mass is 16.6. The molecule has 0 radical (unpaired) electrons. The molecule has 2 saturated heterocycles. The van der Waals surface area contributed by atoms with Crippen molar-refractivity contribution in [1.82, 2.24) is 9.80 Å². The fourth-order valence-electron chi connectivity index (χ4n) is 4.31. The third-order valence-corrected chi connectivity index (χ3v) is 5.79. The number of benzene rings is 1. The van der Waals surface area contributed by atoms with Gasteiger partial charge in [-0.15, -0.1) is 0 Å². The second-order valence-corrected chi connectivity index (χ2v) is 9.63. The number of likely N-dealkylation sites (tertiary alicyclic amines) is 2. The maximum atomic E-state index is 13.0. The van der Waals surface area contributed by atoms with Gasteiger partial charge < -0.3 is 20.3 Å². The number of ether oxygens (including phenoxy) is 1. The van der Waals surface area contributed by atoms with Crippen LogP contribution in [-0.4, -0.2) is 53.6 Å². The third kappa shape index (κ3) is 5.64. The highest BCUT2D eigenvalue weighted by Crippen LogP contribution is 2.31. The molecule has 0 spiro atoms. The third-order valence-electron chi connectivity index (χ3n) is 5.79. The Morgan fingerprint density at radius 2 is 1.72 bits per heavy atom. The van der Waals surface area contributed by atoms with E-state index in [2.05, 4.69) is 6.92 Å². The molecule has 2 heterocycles. The predicted octanol–water partition coefficient (Wildman–Crippen LogP) is 4.26. The molecule has 1 unspecified atom stereocenters. The van der Waals surface area contributed by atoms with Crippen LogP contribution in [-0.2, 0) is 4.74 Å². The van der Waals surface area contributed by atoms with Crippen LogP contribution < -0.4 is 5.73 Å². The average Bonchev–Trinajstić information content (AvgIpc) is 2.65. The fraction of sp³-hybridized carbons (Fsp3) is 0.652. The van der Waals surface area contributed by atoms with E-state index in [9.17, 15) is 9.59 Å². The number of hydrogen-bond acceptors (Lipinski definition) is 4. The van der Waals surface area contributed by atoms with Crippen LogP contribution >= 0.6 is 0 Å². The van der Waals surface area contributed by atoms with E-state index in [1.54, 1.807) is 11.0 Å². The van der Waals surface area contributed by atoms with Crippen LogP contribution in [0, 0.1) is 5.92 Å². The molecule has 29 heavy (non-hydrogen) atoms. The normalized spacial score (nSPS) is 21.2. The minimum absolute atomic E-state index is 0.0799. The molecule has 0 aliphatic carbocycles. The van der Waals surface area contributed by atoms with E-state index in [4.69, 9.17) is 10.5 Å². The summed E-state index contributed by atoms with van der Waals surface area (Å²) in [5.41, 5.74) is 8.08. The summed E-state index contributed by atoms with van der Waals surface area (Å²) in [5.74, 6) is 0.922. The molecule has 1 atom stereocenters. The Balaban J connectivity index is 1.66. The number of carbonyl (C=O) groups excluding carboxylic acids is 2. The lowest BCUT2D eigenvalue weighted by Gasteiger charge is -2.34. The summed E-state index contributed by atoms with van der Waals surface area (Å²) in [4.78, 5) is 29.0. The van der Waals surface area contributed by atoms with Gasteiger partial charge in [-0.1, -0.05) is 6.92 Å². The highest BCUT2D eigenvalue weighted by molar-refractivity contribution is 5.95. The lowest BCUT2D eigenvalue weighted by Crippen LogP contribution is -2.41. The summed E-state index contributed by atoms with van der Waals surface area (Å²) >= 11 is 0. The number of rotatable bonds is 2. The van der Waals surface area contributed by atoms with E-state index < -0.39 is 5.60 Å². The second-order valence-electron chi connectivity index (χ2n) is 9.63. The summed E-state index contributed by atoms with van der Waals surface area (Å²) in [6.45, 7) is 10.8. The zero-order valence-electron chi connectivity index (χ0n) is 18.2. The van der Waals surface area contributed by atoms with Crippen LogP contribution in [0.5, 0.6) is 0 Å². The lowest BCUT2D eigenvalue weighted by atomic mass is 9.88. The number of hydrogen-bond donors (Lipinski definition) is 1. The topological polar surface area (TPSA) is 75.9 Å². The van der Waals surface area contributed by atoms with Crippen molar-refractivity contribution in [2.45, 2.75) is 64.9 Å². The van der Waals surface area contributed by atoms with Gasteiger partial charge in [0.25, 0.3) is 5.91 Å². The van der Waals surface area contributed by atoms with Gasteiger partial charge in [0.1, 0.15) is 5.60 Å². The molecule has 1 aromatic rings. The zero-order chi connectivity index (χ0) is 21.2. The molecule has 160 valence electrons. The Morgan fingerprint density at radius 3 is 2.34 bits per heavy atom. The minimum atomic E-state index is -0.483. The van der Waals surface area contributed by atoms with Gasteiger partial charge in [-0.05, 0) is 82.1 Å². The van der Waals surface area contributed by atoms with Crippen LogP contribution in [0.4, 0.5) is 10.5 Å². The first kappa shape index (κ1) is 21.5. The number of anilines is 1. The molecule has 6 heteroatoms. The molecule has 0 aromatic heterocycles. The van der Waals surface area contributed by atoms with Gasteiger partial charge >= 0.3 is 6.09 Å². The highest BCUT2D eigenvalue weighted by Gasteiger charge is 2.28. The molecule has 2 aliphatic rings. The first-order valence-electron chi connectivity index (χ1n) is 10.8. The molecule has 6 nitrogen and oxygen atoms in total. The van der Waals surface area contributed by atoms with Crippen molar-refractivity contribution < 1.29 is 14.3 Å². The maximum absolute atomic E-state index is 13.0. The summed E-state index contributed by atoms with van der Waals surface area (Å²) in [5, 5.41) is 0. The van der Waals surface area contributed by atoms with E-state index >= 15 is 0 Å². The summed E-state index contributed by atoms with van der Waals surface area (Å²) in [6.07, 6.45) is 3.68. The molecule has 3 rings (SSSR count). The van der Waals surface area contributed by atoms with Crippen molar-refractivity contribution in [3.8, 4) is 0 Å². The van der Waals surface area contributed by atoms with Crippen LogP contribution in [0.2, 0.25) is 0 Å². The van der Waals surface area contributed by atoms with Crippen LogP contribution in [0.3, 0.4) is 0 Å².